The first-order chi connectivity index (χ1) is 8.35. The fraction of sp³-hybridized carbons (Fsp3) is 0.846. The zero-order valence-electron chi connectivity index (χ0n) is 10.9. The summed E-state index contributed by atoms with van der Waals surface area (Å²) in [5, 5.41) is 7.74. The van der Waals surface area contributed by atoms with Crippen molar-refractivity contribution in [1.29, 1.82) is 0 Å². The van der Waals surface area contributed by atoms with E-state index < -0.39 is 0 Å². The lowest BCUT2D eigenvalue weighted by Crippen LogP contribution is -2.19. The molecule has 1 atom stereocenters. The van der Waals surface area contributed by atoms with Gasteiger partial charge in [0, 0.05) is 6.04 Å². The van der Waals surface area contributed by atoms with E-state index in [1.54, 1.807) is 11.5 Å². The molecular formula is C13H23N3S. The quantitative estimate of drug-likeness (QED) is 0.845. The number of aryl methyl sites for hydroxylation is 1. The second-order valence-corrected chi connectivity index (χ2v) is 5.85. The Morgan fingerprint density at radius 1 is 1.41 bits per heavy atom. The molecule has 17 heavy (non-hydrogen) atoms. The van der Waals surface area contributed by atoms with Crippen molar-refractivity contribution in [1.82, 2.24) is 14.9 Å². The Bertz CT molecular complexity index is 331. The van der Waals surface area contributed by atoms with E-state index >= 15 is 0 Å². The van der Waals surface area contributed by atoms with E-state index in [0.29, 0.717) is 6.04 Å². The molecule has 1 fully saturated rings. The van der Waals surface area contributed by atoms with Crippen LogP contribution in [0.1, 0.15) is 62.1 Å². The Balaban J connectivity index is 2.02. The summed E-state index contributed by atoms with van der Waals surface area (Å²) >= 11 is 1.58. The average molecular weight is 253 g/mol. The van der Waals surface area contributed by atoms with Crippen LogP contribution in [0.2, 0.25) is 0 Å². The van der Waals surface area contributed by atoms with Gasteiger partial charge < -0.3 is 5.32 Å². The normalized spacial score (nSPS) is 18.7. The Morgan fingerprint density at radius 3 is 2.82 bits per heavy atom. The van der Waals surface area contributed by atoms with E-state index in [4.69, 9.17) is 0 Å². The smallest absolute Gasteiger partial charge is 0.0803 e. The Labute approximate surface area is 108 Å². The molecule has 1 N–H and O–H groups in total. The standard InChI is InChI=1S/C13H23N3S/c1-3-6-11-13(17-16-15-11)12(14-2)9-10-7-4-5-8-10/h10,12,14H,3-9H2,1-2H3. The lowest BCUT2D eigenvalue weighted by atomic mass is 9.96. The highest BCUT2D eigenvalue weighted by Crippen LogP contribution is 2.34. The van der Waals surface area contributed by atoms with Crippen molar-refractivity contribution >= 4 is 11.5 Å². The first-order valence-electron chi connectivity index (χ1n) is 6.83. The van der Waals surface area contributed by atoms with Crippen molar-refractivity contribution in [2.24, 2.45) is 5.92 Å². The molecule has 0 saturated heterocycles. The Morgan fingerprint density at radius 2 is 2.18 bits per heavy atom. The molecule has 0 aromatic carbocycles. The largest absolute Gasteiger partial charge is 0.312 e. The Hall–Kier alpha value is -0.480. The molecule has 2 rings (SSSR count). The van der Waals surface area contributed by atoms with Gasteiger partial charge in [-0.15, -0.1) is 5.10 Å². The number of hydrogen-bond acceptors (Lipinski definition) is 4. The predicted octanol–water partition coefficient (Wildman–Crippen LogP) is 3.33. The maximum absolute atomic E-state index is 4.28. The molecule has 0 aliphatic heterocycles. The lowest BCUT2D eigenvalue weighted by Gasteiger charge is -2.19. The second kappa shape index (κ2) is 6.45. The van der Waals surface area contributed by atoms with Gasteiger partial charge in [0.15, 0.2) is 0 Å². The molecule has 1 aliphatic carbocycles. The van der Waals surface area contributed by atoms with Crippen molar-refractivity contribution in [2.75, 3.05) is 7.05 Å². The van der Waals surface area contributed by atoms with E-state index in [1.807, 2.05) is 0 Å². The minimum atomic E-state index is 0.472. The van der Waals surface area contributed by atoms with Crippen molar-refractivity contribution in [2.45, 2.75) is 57.9 Å². The number of hydrogen-bond donors (Lipinski definition) is 1. The monoisotopic (exact) mass is 253 g/mol. The van der Waals surface area contributed by atoms with E-state index in [1.165, 1.54) is 42.7 Å². The van der Waals surface area contributed by atoms with Crippen LogP contribution in [-0.2, 0) is 6.42 Å². The van der Waals surface area contributed by atoms with Crippen LogP contribution in [0, 0.1) is 5.92 Å². The number of aromatic nitrogens is 2. The van der Waals surface area contributed by atoms with Crippen LogP contribution in [0.15, 0.2) is 0 Å². The summed E-state index contributed by atoms with van der Waals surface area (Å²) in [6.45, 7) is 2.20. The van der Waals surface area contributed by atoms with Gasteiger partial charge >= 0.3 is 0 Å². The molecule has 0 bridgehead atoms. The van der Waals surface area contributed by atoms with Gasteiger partial charge in [-0.25, -0.2) is 0 Å². The molecule has 0 radical (unpaired) electrons. The van der Waals surface area contributed by atoms with Gasteiger partial charge in [0.05, 0.1) is 10.6 Å². The van der Waals surface area contributed by atoms with Gasteiger partial charge in [0.1, 0.15) is 0 Å². The highest BCUT2D eigenvalue weighted by molar-refractivity contribution is 7.05. The van der Waals surface area contributed by atoms with Crippen LogP contribution in [0.4, 0.5) is 0 Å². The highest BCUT2D eigenvalue weighted by atomic mass is 32.1. The van der Waals surface area contributed by atoms with E-state index in [9.17, 15) is 0 Å². The zero-order valence-corrected chi connectivity index (χ0v) is 11.7. The van der Waals surface area contributed by atoms with Gasteiger partial charge in [-0.2, -0.15) is 0 Å². The number of rotatable bonds is 6. The summed E-state index contributed by atoms with van der Waals surface area (Å²) in [6.07, 6.45) is 9.14. The highest BCUT2D eigenvalue weighted by Gasteiger charge is 2.23. The third-order valence-electron chi connectivity index (χ3n) is 3.78. The molecule has 0 spiro atoms. The maximum Gasteiger partial charge on any atom is 0.0803 e. The SMILES string of the molecule is CCCc1nnsc1C(CC1CCCC1)NC. The van der Waals surface area contributed by atoms with Crippen molar-refractivity contribution in [3.8, 4) is 0 Å². The van der Waals surface area contributed by atoms with E-state index in [0.717, 1.165) is 18.8 Å². The van der Waals surface area contributed by atoms with Crippen LogP contribution in [-0.4, -0.2) is 16.6 Å². The first-order valence-corrected chi connectivity index (χ1v) is 7.60. The fourth-order valence-electron chi connectivity index (χ4n) is 2.83. The second-order valence-electron chi connectivity index (χ2n) is 5.06. The van der Waals surface area contributed by atoms with Crippen molar-refractivity contribution in [3.63, 3.8) is 0 Å². The lowest BCUT2D eigenvalue weighted by molar-refractivity contribution is 0.415. The summed E-state index contributed by atoms with van der Waals surface area (Å²) in [5.74, 6) is 0.907. The fourth-order valence-corrected chi connectivity index (χ4v) is 3.64. The molecule has 1 unspecified atom stereocenters. The summed E-state index contributed by atoms with van der Waals surface area (Å²) in [5.41, 5.74) is 1.22. The van der Waals surface area contributed by atoms with Gasteiger partial charge in [-0.3, -0.25) is 0 Å². The van der Waals surface area contributed by atoms with Crippen molar-refractivity contribution in [3.05, 3.63) is 10.6 Å². The van der Waals surface area contributed by atoms with Gasteiger partial charge in [-0.1, -0.05) is 43.5 Å². The summed E-state index contributed by atoms with van der Waals surface area (Å²) in [6, 6.07) is 0.472. The van der Waals surface area contributed by atoms with Gasteiger partial charge in [-0.05, 0) is 37.3 Å². The molecule has 1 heterocycles. The van der Waals surface area contributed by atoms with E-state index in [2.05, 4.69) is 28.9 Å². The third kappa shape index (κ3) is 3.26. The molecule has 0 amide bonds. The minimum Gasteiger partial charge on any atom is -0.312 e. The van der Waals surface area contributed by atoms with Gasteiger partial charge in [0.25, 0.3) is 0 Å². The molecule has 3 nitrogen and oxygen atoms in total. The molecule has 96 valence electrons. The van der Waals surface area contributed by atoms with Crippen LogP contribution < -0.4 is 5.32 Å². The molecule has 1 aromatic heterocycles. The molecule has 4 heteroatoms. The number of nitrogens with one attached hydrogen (secondary N) is 1. The average Bonchev–Trinajstić information content (AvgIpc) is 2.97. The van der Waals surface area contributed by atoms with E-state index in [-0.39, 0.29) is 0 Å². The predicted molar refractivity (Wildman–Crippen MR) is 72.3 cm³/mol. The Kier molecular flexibility index (Phi) is 4.92. The minimum absolute atomic E-state index is 0.472. The topological polar surface area (TPSA) is 37.8 Å². The van der Waals surface area contributed by atoms with Crippen LogP contribution >= 0.6 is 11.5 Å². The van der Waals surface area contributed by atoms with Crippen LogP contribution in [0.5, 0.6) is 0 Å². The first kappa shape index (κ1) is 13.0. The van der Waals surface area contributed by atoms with Crippen LogP contribution in [0.25, 0.3) is 0 Å². The molecule has 1 aromatic rings. The maximum atomic E-state index is 4.28. The summed E-state index contributed by atoms with van der Waals surface area (Å²) in [7, 11) is 2.06. The molecule has 1 saturated carbocycles. The van der Waals surface area contributed by atoms with Crippen molar-refractivity contribution < 1.29 is 0 Å². The summed E-state index contributed by atoms with van der Waals surface area (Å²) in [4.78, 5) is 1.38. The zero-order chi connectivity index (χ0) is 12.1. The summed E-state index contributed by atoms with van der Waals surface area (Å²) < 4.78 is 4.14. The number of nitrogens with zero attached hydrogens (tertiary/aromatic N) is 2. The van der Waals surface area contributed by atoms with Crippen LogP contribution in [0.3, 0.4) is 0 Å². The molecular weight excluding hydrogens is 230 g/mol. The third-order valence-corrected chi connectivity index (χ3v) is 4.66. The van der Waals surface area contributed by atoms with Gasteiger partial charge in [0.2, 0.25) is 0 Å². The molecule has 1 aliphatic rings.